The zero-order chi connectivity index (χ0) is 40.3. The van der Waals surface area contributed by atoms with Crippen molar-refractivity contribution in [2.75, 3.05) is 46.1 Å². The zero-order valence-corrected chi connectivity index (χ0v) is 35.4. The van der Waals surface area contributed by atoms with E-state index in [1.807, 2.05) is 0 Å². The molecule has 3 saturated carbocycles. The second kappa shape index (κ2) is 20.9. The number of hydrogen-bond donors (Lipinski definition) is 6. The number of nitrogens with two attached hydrogens (primary N) is 4. The predicted octanol–water partition coefficient (Wildman–Crippen LogP) is 5.56. The van der Waals surface area contributed by atoms with E-state index < -0.39 is 0 Å². The normalized spacial score (nSPS) is 33.0. The van der Waals surface area contributed by atoms with Crippen molar-refractivity contribution in [3.8, 4) is 0 Å². The quantitative estimate of drug-likeness (QED) is 0.0250. The van der Waals surface area contributed by atoms with Crippen molar-refractivity contribution < 1.29 is 23.7 Å². The predicted molar refractivity (Wildman–Crippen MR) is 224 cm³/mol. The molecule has 1 heterocycles. The SMILES string of the molecule is CC(C)CCCC(C)C1CCC2C3CC=C4CC(OC(=O)NCCOCCOCCNC5OC5C(CCCCN=C(N)N)N=C(N)N)CCC4(C)C3CCC12C. The van der Waals surface area contributed by atoms with E-state index in [2.05, 4.69) is 61.3 Å². The van der Waals surface area contributed by atoms with Crippen LogP contribution in [0.5, 0.6) is 0 Å². The average Bonchev–Trinajstić information content (AvgIpc) is 3.82. The van der Waals surface area contributed by atoms with E-state index in [9.17, 15) is 4.79 Å². The Morgan fingerprint density at radius 3 is 2.39 bits per heavy atom. The van der Waals surface area contributed by atoms with Crippen LogP contribution in [0.1, 0.15) is 125 Å². The van der Waals surface area contributed by atoms with Gasteiger partial charge in [-0.05, 0) is 111 Å². The van der Waals surface area contributed by atoms with Crippen LogP contribution in [0.2, 0.25) is 0 Å². The molecule has 0 aromatic carbocycles. The summed E-state index contributed by atoms with van der Waals surface area (Å²) < 4.78 is 23.1. The number of guanidine groups is 2. The number of allylic oxidation sites excluding steroid dienone is 1. The number of ether oxygens (including phenoxy) is 4. The van der Waals surface area contributed by atoms with E-state index in [4.69, 9.17) is 41.9 Å². The second-order valence-electron chi connectivity index (χ2n) is 18.6. The number of hydrogen-bond acceptors (Lipinski definition) is 8. The number of nitrogens with one attached hydrogen (secondary N) is 2. The molecule has 1 amide bonds. The standard InChI is InChI=1S/C43H78N8O5/c1-28(2)9-8-10-29(3)33-14-15-34-32-13-12-30-27-31(16-18-42(30,4)35(32)17-19-43(33,34)5)55-41(52)50-22-24-54-26-25-53-23-21-48-38-37(56-38)36(51-40(46)47)11-6-7-20-49-39(44)45/h12,28-29,31-38,48H,6-11,13-27H2,1-5H3,(H,50,52)(H4,44,45,49)(H4,46,47,51). The molecule has 56 heavy (non-hydrogen) atoms. The van der Waals surface area contributed by atoms with Crippen LogP contribution in [0, 0.1) is 46.3 Å². The first-order chi connectivity index (χ1) is 26.8. The van der Waals surface area contributed by atoms with Gasteiger partial charge in [-0.25, -0.2) is 9.79 Å². The van der Waals surface area contributed by atoms with E-state index in [0.717, 1.165) is 74.0 Å². The Balaban J connectivity index is 0.915. The highest BCUT2D eigenvalue weighted by atomic mass is 16.6. The van der Waals surface area contributed by atoms with Gasteiger partial charge in [0.15, 0.2) is 11.9 Å². The minimum absolute atomic E-state index is 0.0522. The summed E-state index contributed by atoms with van der Waals surface area (Å²) in [5.41, 5.74) is 24.3. The first-order valence-corrected chi connectivity index (χ1v) is 22.1. The van der Waals surface area contributed by atoms with E-state index in [0.29, 0.717) is 51.5 Å². The summed E-state index contributed by atoms with van der Waals surface area (Å²) in [6.07, 6.45) is 18.4. The number of unbranched alkanes of at least 4 members (excludes halogenated alkanes) is 1. The maximum Gasteiger partial charge on any atom is 0.407 e. The summed E-state index contributed by atoms with van der Waals surface area (Å²) in [7, 11) is 0. The molecule has 11 atom stereocenters. The van der Waals surface area contributed by atoms with E-state index >= 15 is 0 Å². The highest BCUT2D eigenvalue weighted by Crippen LogP contribution is 2.67. The van der Waals surface area contributed by atoms with E-state index in [1.54, 1.807) is 5.57 Å². The van der Waals surface area contributed by atoms with Crippen LogP contribution in [0.15, 0.2) is 21.6 Å². The summed E-state index contributed by atoms with van der Waals surface area (Å²) in [6.45, 7) is 15.9. The Kier molecular flexibility index (Phi) is 16.6. The Hall–Kier alpha value is -2.61. The van der Waals surface area contributed by atoms with Crippen LogP contribution in [-0.2, 0) is 18.9 Å². The molecular formula is C43H78N8O5. The van der Waals surface area contributed by atoms with Crippen molar-refractivity contribution in [3.63, 3.8) is 0 Å². The molecule has 1 saturated heterocycles. The fourth-order valence-electron chi connectivity index (χ4n) is 11.5. The molecule has 5 aliphatic rings. The van der Waals surface area contributed by atoms with Crippen LogP contribution < -0.4 is 33.6 Å². The molecule has 1 aliphatic heterocycles. The molecule has 0 bridgehead atoms. The number of carbonyl (C=O) groups is 1. The van der Waals surface area contributed by atoms with Gasteiger partial charge in [0.1, 0.15) is 18.4 Å². The summed E-state index contributed by atoms with van der Waals surface area (Å²) in [6, 6.07) is -0.121. The third-order valence-corrected chi connectivity index (χ3v) is 14.4. The van der Waals surface area contributed by atoms with Crippen LogP contribution >= 0.6 is 0 Å². The minimum atomic E-state index is -0.347. The number of alkyl carbamates (subject to hydrolysis) is 1. The van der Waals surface area contributed by atoms with E-state index in [-0.39, 0.29) is 47.9 Å². The van der Waals surface area contributed by atoms with Gasteiger partial charge in [0.05, 0.1) is 32.5 Å². The van der Waals surface area contributed by atoms with Crippen LogP contribution in [0.25, 0.3) is 0 Å². The lowest BCUT2D eigenvalue weighted by Gasteiger charge is -2.58. The highest BCUT2D eigenvalue weighted by molar-refractivity contribution is 5.76. The molecule has 0 radical (unpaired) electrons. The fourth-order valence-corrected chi connectivity index (χ4v) is 11.5. The first kappa shape index (κ1) is 44.5. The van der Waals surface area contributed by atoms with Gasteiger partial charge in [-0.3, -0.25) is 10.3 Å². The van der Waals surface area contributed by atoms with Crippen LogP contribution in [-0.4, -0.2) is 88.6 Å². The van der Waals surface area contributed by atoms with Gasteiger partial charge in [0, 0.05) is 26.1 Å². The van der Waals surface area contributed by atoms with Crippen molar-refractivity contribution >= 4 is 18.0 Å². The number of carbonyl (C=O) groups excluding carboxylic acids is 1. The van der Waals surface area contributed by atoms with Gasteiger partial charge in [-0.15, -0.1) is 0 Å². The minimum Gasteiger partial charge on any atom is -0.446 e. The molecule has 4 fully saturated rings. The first-order valence-electron chi connectivity index (χ1n) is 22.1. The molecule has 0 aromatic rings. The molecule has 4 aliphatic carbocycles. The average molecular weight is 787 g/mol. The maximum atomic E-state index is 12.7. The summed E-state index contributed by atoms with van der Waals surface area (Å²) in [4.78, 5) is 21.1. The molecule has 10 N–H and O–H groups in total. The Morgan fingerprint density at radius 1 is 0.893 bits per heavy atom. The van der Waals surface area contributed by atoms with E-state index in [1.165, 1.54) is 51.4 Å². The van der Waals surface area contributed by atoms with Gasteiger partial charge >= 0.3 is 6.09 Å². The zero-order valence-electron chi connectivity index (χ0n) is 35.4. The Morgan fingerprint density at radius 2 is 1.66 bits per heavy atom. The van der Waals surface area contributed by atoms with Crippen molar-refractivity contribution in [2.24, 2.45) is 79.3 Å². The second-order valence-corrected chi connectivity index (χ2v) is 18.6. The topological polar surface area (TPSA) is 210 Å². The number of epoxide rings is 1. The Bertz CT molecular complexity index is 1340. The van der Waals surface area contributed by atoms with Gasteiger partial charge in [-0.2, -0.15) is 0 Å². The third kappa shape index (κ3) is 12.0. The molecule has 13 nitrogen and oxygen atoms in total. The lowest BCUT2D eigenvalue weighted by molar-refractivity contribution is -0.0581. The highest BCUT2D eigenvalue weighted by Gasteiger charge is 2.59. The number of rotatable bonds is 23. The third-order valence-electron chi connectivity index (χ3n) is 14.4. The largest absolute Gasteiger partial charge is 0.446 e. The van der Waals surface area contributed by atoms with Gasteiger partial charge in [-0.1, -0.05) is 65.5 Å². The Labute approximate surface area is 337 Å². The summed E-state index contributed by atoms with van der Waals surface area (Å²) in [5.74, 6) is 5.12. The molecule has 0 spiro atoms. The van der Waals surface area contributed by atoms with Crippen molar-refractivity contribution in [1.29, 1.82) is 0 Å². The smallest absolute Gasteiger partial charge is 0.407 e. The molecular weight excluding hydrogens is 709 g/mol. The van der Waals surface area contributed by atoms with Gasteiger partial charge in [0.25, 0.3) is 0 Å². The molecule has 13 heteroatoms. The van der Waals surface area contributed by atoms with Crippen molar-refractivity contribution in [1.82, 2.24) is 10.6 Å². The number of nitrogens with zero attached hydrogens (tertiary/aromatic N) is 2. The van der Waals surface area contributed by atoms with Crippen LogP contribution in [0.4, 0.5) is 4.79 Å². The summed E-state index contributed by atoms with van der Waals surface area (Å²) >= 11 is 0. The number of aliphatic imine (C=N–C) groups is 2. The lowest BCUT2D eigenvalue weighted by atomic mass is 9.47. The monoisotopic (exact) mass is 787 g/mol. The maximum absolute atomic E-state index is 12.7. The molecule has 5 rings (SSSR count). The van der Waals surface area contributed by atoms with Crippen LogP contribution in [0.3, 0.4) is 0 Å². The summed E-state index contributed by atoms with van der Waals surface area (Å²) in [5, 5.41) is 6.21. The fraction of sp³-hybridized carbons (Fsp3) is 0.884. The van der Waals surface area contributed by atoms with Crippen molar-refractivity contribution in [2.45, 2.75) is 149 Å². The van der Waals surface area contributed by atoms with Gasteiger partial charge in [0.2, 0.25) is 0 Å². The number of amides is 1. The lowest BCUT2D eigenvalue weighted by Crippen LogP contribution is -2.51. The molecule has 11 unspecified atom stereocenters. The van der Waals surface area contributed by atoms with Crippen molar-refractivity contribution in [3.05, 3.63) is 11.6 Å². The molecule has 0 aromatic heterocycles. The number of fused-ring (bicyclic) bond motifs is 5. The molecule has 320 valence electrons. The van der Waals surface area contributed by atoms with Gasteiger partial charge < -0.3 is 47.2 Å².